The largest absolute Gasteiger partial charge is 0.496 e. The maximum atomic E-state index is 5.53. The molecular formula is C20H30O. The molecular weight excluding hydrogens is 256 g/mol. The monoisotopic (exact) mass is 286 g/mol. The molecule has 2 bridgehead atoms. The van der Waals surface area contributed by atoms with Gasteiger partial charge in [-0.25, -0.2) is 0 Å². The zero-order valence-electron chi connectivity index (χ0n) is 14.3. The average Bonchev–Trinajstić information content (AvgIpc) is 2.45. The molecule has 1 nitrogen and oxygen atoms in total. The highest BCUT2D eigenvalue weighted by Gasteiger charge is 2.55. The lowest BCUT2D eigenvalue weighted by atomic mass is 9.43. The van der Waals surface area contributed by atoms with Gasteiger partial charge >= 0.3 is 0 Å². The Kier molecular flexibility index (Phi) is 3.80. The molecule has 4 rings (SSSR count). The third-order valence-corrected chi connectivity index (χ3v) is 6.73. The lowest BCUT2D eigenvalue weighted by Crippen LogP contribution is -2.54. The molecule has 0 unspecified atom stereocenters. The van der Waals surface area contributed by atoms with Crippen molar-refractivity contribution < 1.29 is 4.74 Å². The molecule has 3 saturated carbocycles. The molecule has 0 aliphatic heterocycles. The Balaban J connectivity index is 1.65. The fraction of sp³-hybridized carbons (Fsp3) is 0.700. The van der Waals surface area contributed by atoms with E-state index in [2.05, 4.69) is 45.9 Å². The Hall–Kier alpha value is -0.980. The van der Waals surface area contributed by atoms with Crippen molar-refractivity contribution in [1.29, 1.82) is 0 Å². The molecule has 1 heteroatoms. The number of fused-ring (bicyclic) bond motifs is 2. The number of hydrogen-bond donors (Lipinski definition) is 0. The molecule has 1 aromatic carbocycles. The van der Waals surface area contributed by atoms with Crippen LogP contribution in [0.4, 0.5) is 0 Å². The van der Waals surface area contributed by atoms with Gasteiger partial charge in [-0.15, -0.1) is 0 Å². The van der Waals surface area contributed by atoms with Gasteiger partial charge < -0.3 is 4.74 Å². The predicted molar refractivity (Wildman–Crippen MR) is 88.7 cm³/mol. The summed E-state index contributed by atoms with van der Waals surface area (Å²) in [5.74, 6) is 4.80. The standard InChI is InChI=1S/C20H30O/c1-13-6-9-19(21-5)16(10-13)8-7-15-11-17-12-18(14(15)2)20(17,3)4/h6,9-10,14-15,17-18H,7-8,11-12H2,1-5H3/t14-,15+,17+,18+/m1/s1. The van der Waals surface area contributed by atoms with Crippen molar-refractivity contribution in [2.24, 2.45) is 29.1 Å². The van der Waals surface area contributed by atoms with E-state index in [-0.39, 0.29) is 0 Å². The third-order valence-electron chi connectivity index (χ3n) is 6.73. The Bertz CT molecular complexity index is 517. The summed E-state index contributed by atoms with van der Waals surface area (Å²) in [6.45, 7) is 9.65. The van der Waals surface area contributed by atoms with Gasteiger partial charge in [0.05, 0.1) is 7.11 Å². The van der Waals surface area contributed by atoms with Gasteiger partial charge in [0.2, 0.25) is 0 Å². The van der Waals surface area contributed by atoms with Crippen LogP contribution >= 0.6 is 0 Å². The fourth-order valence-corrected chi connectivity index (χ4v) is 5.08. The van der Waals surface area contributed by atoms with Crippen LogP contribution in [0.5, 0.6) is 5.75 Å². The van der Waals surface area contributed by atoms with Gasteiger partial charge in [0, 0.05) is 0 Å². The number of methoxy groups -OCH3 is 1. The minimum atomic E-state index is 0.608. The van der Waals surface area contributed by atoms with E-state index in [4.69, 9.17) is 4.74 Å². The molecule has 0 aromatic heterocycles. The maximum absolute atomic E-state index is 5.53. The maximum Gasteiger partial charge on any atom is 0.122 e. The van der Waals surface area contributed by atoms with Gasteiger partial charge in [-0.1, -0.05) is 38.5 Å². The topological polar surface area (TPSA) is 9.23 Å². The molecule has 0 amide bonds. The predicted octanol–water partition coefficient (Wildman–Crippen LogP) is 5.25. The van der Waals surface area contributed by atoms with E-state index in [1.165, 1.54) is 36.8 Å². The molecule has 0 N–H and O–H groups in total. The van der Waals surface area contributed by atoms with Crippen LogP contribution in [0.15, 0.2) is 18.2 Å². The number of ether oxygens (including phenoxy) is 1. The van der Waals surface area contributed by atoms with Crippen molar-refractivity contribution >= 4 is 0 Å². The second kappa shape index (κ2) is 5.34. The summed E-state index contributed by atoms with van der Waals surface area (Å²) >= 11 is 0. The molecule has 0 heterocycles. The lowest BCUT2D eigenvalue weighted by Gasteiger charge is -2.62. The Morgan fingerprint density at radius 2 is 2.00 bits per heavy atom. The molecule has 1 aromatic rings. The zero-order valence-corrected chi connectivity index (χ0v) is 14.3. The average molecular weight is 286 g/mol. The van der Waals surface area contributed by atoms with E-state index in [0.29, 0.717) is 5.41 Å². The van der Waals surface area contributed by atoms with Crippen LogP contribution in [0.2, 0.25) is 0 Å². The van der Waals surface area contributed by atoms with Gasteiger partial charge in [-0.2, -0.15) is 0 Å². The summed E-state index contributed by atoms with van der Waals surface area (Å²) in [4.78, 5) is 0. The third kappa shape index (κ3) is 2.49. The summed E-state index contributed by atoms with van der Waals surface area (Å²) in [6.07, 6.45) is 5.42. The van der Waals surface area contributed by atoms with E-state index < -0.39 is 0 Å². The van der Waals surface area contributed by atoms with Gasteiger partial charge in [0.1, 0.15) is 5.75 Å². The van der Waals surface area contributed by atoms with E-state index in [0.717, 1.165) is 29.4 Å². The SMILES string of the molecule is COc1ccc(C)cc1CC[C@H]1C[C@H]2C[C@@H]([C@@H]1C)C2(C)C. The molecule has 3 fully saturated rings. The molecule has 3 aliphatic carbocycles. The quantitative estimate of drug-likeness (QED) is 0.734. The van der Waals surface area contributed by atoms with Crippen LogP contribution in [0.25, 0.3) is 0 Å². The lowest BCUT2D eigenvalue weighted by molar-refractivity contribution is -0.129. The van der Waals surface area contributed by atoms with Crippen LogP contribution in [-0.2, 0) is 6.42 Å². The first kappa shape index (κ1) is 14.9. The van der Waals surface area contributed by atoms with Crippen molar-refractivity contribution in [2.75, 3.05) is 7.11 Å². The molecule has 0 saturated heterocycles. The van der Waals surface area contributed by atoms with Crippen LogP contribution in [0.1, 0.15) is 51.2 Å². The van der Waals surface area contributed by atoms with E-state index in [9.17, 15) is 0 Å². The van der Waals surface area contributed by atoms with E-state index >= 15 is 0 Å². The molecule has 116 valence electrons. The van der Waals surface area contributed by atoms with Crippen molar-refractivity contribution in [3.8, 4) is 5.75 Å². The summed E-state index contributed by atoms with van der Waals surface area (Å²) in [7, 11) is 1.79. The summed E-state index contributed by atoms with van der Waals surface area (Å²) < 4.78 is 5.53. The number of hydrogen-bond acceptors (Lipinski definition) is 1. The highest BCUT2D eigenvalue weighted by atomic mass is 16.5. The number of aryl methyl sites for hydroxylation is 2. The van der Waals surface area contributed by atoms with Gasteiger partial charge in [-0.3, -0.25) is 0 Å². The van der Waals surface area contributed by atoms with Crippen LogP contribution in [-0.4, -0.2) is 7.11 Å². The zero-order chi connectivity index (χ0) is 15.2. The molecule has 0 spiro atoms. The minimum absolute atomic E-state index is 0.608. The normalized spacial score (nSPS) is 33.4. The second-order valence-corrected chi connectivity index (χ2v) is 8.07. The fourth-order valence-electron chi connectivity index (χ4n) is 5.08. The van der Waals surface area contributed by atoms with Crippen LogP contribution < -0.4 is 4.74 Å². The first-order chi connectivity index (χ1) is 9.93. The Morgan fingerprint density at radius 1 is 1.24 bits per heavy atom. The van der Waals surface area contributed by atoms with Crippen molar-refractivity contribution in [3.05, 3.63) is 29.3 Å². The van der Waals surface area contributed by atoms with E-state index in [1.54, 1.807) is 7.11 Å². The van der Waals surface area contributed by atoms with Crippen LogP contribution in [0.3, 0.4) is 0 Å². The summed E-state index contributed by atoms with van der Waals surface area (Å²) in [5, 5.41) is 0. The van der Waals surface area contributed by atoms with E-state index in [1.807, 2.05) is 0 Å². The van der Waals surface area contributed by atoms with Gasteiger partial charge in [0.25, 0.3) is 0 Å². The smallest absolute Gasteiger partial charge is 0.122 e. The van der Waals surface area contributed by atoms with Gasteiger partial charge in [0.15, 0.2) is 0 Å². The van der Waals surface area contributed by atoms with Crippen molar-refractivity contribution in [3.63, 3.8) is 0 Å². The Labute approximate surface area is 130 Å². The highest BCUT2D eigenvalue weighted by Crippen LogP contribution is 2.63. The second-order valence-electron chi connectivity index (χ2n) is 8.07. The number of benzene rings is 1. The molecule has 3 aliphatic rings. The Morgan fingerprint density at radius 3 is 2.62 bits per heavy atom. The summed E-state index contributed by atoms with van der Waals surface area (Å²) in [5.41, 5.74) is 3.34. The molecule has 4 atom stereocenters. The van der Waals surface area contributed by atoms with Crippen molar-refractivity contribution in [2.45, 2.75) is 53.4 Å². The molecule has 21 heavy (non-hydrogen) atoms. The summed E-state index contributed by atoms with van der Waals surface area (Å²) in [6, 6.07) is 6.57. The molecule has 0 radical (unpaired) electrons. The van der Waals surface area contributed by atoms with Gasteiger partial charge in [-0.05, 0) is 73.3 Å². The first-order valence-electron chi connectivity index (χ1n) is 8.57. The van der Waals surface area contributed by atoms with Crippen molar-refractivity contribution in [1.82, 2.24) is 0 Å². The van der Waals surface area contributed by atoms with Crippen LogP contribution in [0, 0.1) is 36.0 Å². The minimum Gasteiger partial charge on any atom is -0.496 e. The number of rotatable bonds is 4. The highest BCUT2D eigenvalue weighted by molar-refractivity contribution is 5.37. The first-order valence-corrected chi connectivity index (χ1v) is 8.57.